The number of benzene rings is 1. The number of likely N-dealkylation sites (tertiary alicyclic amines) is 1. The van der Waals surface area contributed by atoms with Crippen LogP contribution in [0.5, 0.6) is 17.4 Å². The molecule has 5 rings (SSSR count). The fourth-order valence-corrected chi connectivity index (χ4v) is 5.06. The van der Waals surface area contributed by atoms with Gasteiger partial charge in [0.25, 0.3) is 0 Å². The molecule has 186 valence electrons. The van der Waals surface area contributed by atoms with Crippen LogP contribution >= 0.6 is 11.6 Å². The zero-order valence-corrected chi connectivity index (χ0v) is 20.5. The summed E-state index contributed by atoms with van der Waals surface area (Å²) in [6.45, 7) is 5.00. The van der Waals surface area contributed by atoms with E-state index in [0.29, 0.717) is 65.5 Å². The fraction of sp³-hybridized carbons (Fsp3) is 0.480. The predicted octanol–water partition coefficient (Wildman–Crippen LogP) is 2.99. The van der Waals surface area contributed by atoms with Gasteiger partial charge in [-0.25, -0.2) is 9.97 Å². The quantitative estimate of drug-likeness (QED) is 0.484. The van der Waals surface area contributed by atoms with Gasteiger partial charge in [0.05, 0.1) is 36.8 Å². The molecule has 0 saturated carbocycles. The van der Waals surface area contributed by atoms with Crippen LogP contribution < -0.4 is 19.5 Å². The van der Waals surface area contributed by atoms with Crippen molar-refractivity contribution in [2.45, 2.75) is 25.5 Å². The van der Waals surface area contributed by atoms with Crippen molar-refractivity contribution < 1.29 is 19.3 Å². The zero-order valence-electron chi connectivity index (χ0n) is 19.7. The maximum absolute atomic E-state index is 11.1. The van der Waals surface area contributed by atoms with Crippen molar-refractivity contribution in [3.63, 3.8) is 0 Å². The largest absolute Gasteiger partial charge is 0.486 e. The summed E-state index contributed by atoms with van der Waals surface area (Å²) < 4.78 is 16.4. The molecule has 2 aliphatic rings. The molecule has 0 spiro atoms. The highest BCUT2D eigenvalue weighted by atomic mass is 35.5. The summed E-state index contributed by atoms with van der Waals surface area (Å²) in [5, 5.41) is 15.2. The van der Waals surface area contributed by atoms with Crippen molar-refractivity contribution in [1.82, 2.24) is 25.2 Å². The second kappa shape index (κ2) is 10.9. The van der Waals surface area contributed by atoms with Gasteiger partial charge in [-0.05, 0) is 44.0 Å². The van der Waals surface area contributed by atoms with Crippen LogP contribution in [-0.2, 0) is 6.54 Å². The Kier molecular flexibility index (Phi) is 7.48. The second-order valence-electron chi connectivity index (χ2n) is 8.97. The van der Waals surface area contributed by atoms with Crippen LogP contribution in [0.25, 0.3) is 11.0 Å². The third-order valence-corrected chi connectivity index (χ3v) is 6.81. The van der Waals surface area contributed by atoms with Gasteiger partial charge in [0.2, 0.25) is 5.88 Å². The summed E-state index contributed by atoms with van der Waals surface area (Å²) in [7, 11) is 1.54. The van der Waals surface area contributed by atoms with Crippen molar-refractivity contribution in [1.29, 1.82) is 0 Å². The van der Waals surface area contributed by atoms with Gasteiger partial charge >= 0.3 is 0 Å². The lowest BCUT2D eigenvalue weighted by molar-refractivity contribution is 0.0848. The zero-order chi connectivity index (χ0) is 24.2. The van der Waals surface area contributed by atoms with E-state index in [1.54, 1.807) is 31.6 Å². The predicted molar refractivity (Wildman–Crippen MR) is 132 cm³/mol. The van der Waals surface area contributed by atoms with Crippen LogP contribution in [0, 0.1) is 5.92 Å². The van der Waals surface area contributed by atoms with E-state index in [-0.39, 0.29) is 0 Å². The SMILES string of the molecule is COc1cnc2ccc(Cl)c(C(O)CN3CCCC(CNCc4cc5c(cn4)OCCO5)C3)c2n1. The summed E-state index contributed by atoms with van der Waals surface area (Å²) in [4.78, 5) is 15.6. The number of nitrogens with one attached hydrogen (secondary N) is 1. The molecule has 0 bridgehead atoms. The first-order valence-electron chi connectivity index (χ1n) is 12.0. The van der Waals surface area contributed by atoms with Gasteiger partial charge in [-0.2, -0.15) is 0 Å². The number of rotatable bonds is 8. The third kappa shape index (κ3) is 5.59. The molecule has 2 atom stereocenters. The molecular weight excluding hydrogens is 470 g/mol. The van der Waals surface area contributed by atoms with E-state index in [1.807, 2.05) is 6.07 Å². The number of nitrogens with zero attached hydrogens (tertiary/aromatic N) is 4. The summed E-state index contributed by atoms with van der Waals surface area (Å²) >= 11 is 6.49. The molecule has 0 radical (unpaired) electrons. The van der Waals surface area contributed by atoms with Crippen molar-refractivity contribution in [3.05, 3.63) is 46.9 Å². The van der Waals surface area contributed by atoms with Crippen LogP contribution in [0.1, 0.15) is 30.2 Å². The molecule has 35 heavy (non-hydrogen) atoms. The molecule has 9 nitrogen and oxygen atoms in total. The molecule has 2 N–H and O–H groups in total. The number of halogens is 1. The van der Waals surface area contributed by atoms with Gasteiger partial charge in [-0.15, -0.1) is 0 Å². The number of hydrogen-bond acceptors (Lipinski definition) is 9. The Hall–Kier alpha value is -2.72. The number of methoxy groups -OCH3 is 1. The number of piperidine rings is 1. The first-order chi connectivity index (χ1) is 17.1. The molecule has 4 heterocycles. The van der Waals surface area contributed by atoms with Crippen molar-refractivity contribution >= 4 is 22.6 Å². The first kappa shape index (κ1) is 24.0. The number of aromatic nitrogens is 3. The Bertz CT molecular complexity index is 1180. The molecule has 0 aliphatic carbocycles. The first-order valence-corrected chi connectivity index (χ1v) is 12.3. The molecule has 1 saturated heterocycles. The summed E-state index contributed by atoms with van der Waals surface area (Å²) in [6, 6.07) is 5.51. The normalized spacial score (nSPS) is 19.0. The van der Waals surface area contributed by atoms with Crippen LogP contribution in [0.3, 0.4) is 0 Å². The Morgan fingerprint density at radius 3 is 2.94 bits per heavy atom. The van der Waals surface area contributed by atoms with Gasteiger partial charge in [-0.1, -0.05) is 11.6 Å². The van der Waals surface area contributed by atoms with Gasteiger partial charge in [0, 0.05) is 36.3 Å². The molecule has 2 aliphatic heterocycles. The fourth-order valence-electron chi connectivity index (χ4n) is 4.78. The van der Waals surface area contributed by atoms with E-state index in [1.165, 1.54) is 0 Å². The number of aliphatic hydroxyl groups is 1. The molecule has 10 heteroatoms. The standard InChI is InChI=1S/C25H30ClN5O4/c1-33-23-13-29-19-5-4-18(26)24(25(19)30-23)20(32)15-31-6-2-3-16(14-31)10-27-11-17-9-21-22(12-28-17)35-8-7-34-21/h4-5,9,12-13,16,20,27,32H,2-3,6-8,10-11,14-15H2,1H3. The molecule has 3 aromatic rings. The maximum atomic E-state index is 11.1. The van der Waals surface area contributed by atoms with Crippen molar-refractivity contribution in [2.24, 2.45) is 5.92 Å². The molecule has 2 aromatic heterocycles. The van der Waals surface area contributed by atoms with Gasteiger partial charge in [-0.3, -0.25) is 4.98 Å². The number of fused-ring (bicyclic) bond motifs is 2. The van der Waals surface area contributed by atoms with Gasteiger partial charge < -0.3 is 29.5 Å². The number of ether oxygens (including phenoxy) is 3. The Morgan fingerprint density at radius 2 is 2.09 bits per heavy atom. The number of hydrogen-bond donors (Lipinski definition) is 2. The maximum Gasteiger partial charge on any atom is 0.232 e. The average molecular weight is 500 g/mol. The van der Waals surface area contributed by atoms with E-state index in [9.17, 15) is 5.11 Å². The average Bonchev–Trinajstić information content (AvgIpc) is 2.88. The summed E-state index contributed by atoms with van der Waals surface area (Å²) in [5.41, 5.74) is 2.78. The molecule has 1 fully saturated rings. The van der Waals surface area contributed by atoms with E-state index in [0.717, 1.165) is 43.9 Å². The monoisotopic (exact) mass is 499 g/mol. The highest BCUT2D eigenvalue weighted by molar-refractivity contribution is 6.32. The van der Waals surface area contributed by atoms with E-state index >= 15 is 0 Å². The highest BCUT2D eigenvalue weighted by Gasteiger charge is 2.25. The lowest BCUT2D eigenvalue weighted by atomic mass is 9.97. The Labute approximate surface area is 209 Å². The smallest absolute Gasteiger partial charge is 0.232 e. The van der Waals surface area contributed by atoms with E-state index in [2.05, 4.69) is 25.2 Å². The molecule has 0 amide bonds. The lowest BCUT2D eigenvalue weighted by Crippen LogP contribution is -2.41. The molecule has 1 aromatic carbocycles. The van der Waals surface area contributed by atoms with Crippen molar-refractivity contribution in [2.75, 3.05) is 46.5 Å². The third-order valence-electron chi connectivity index (χ3n) is 6.48. The minimum Gasteiger partial charge on any atom is -0.486 e. The van der Waals surface area contributed by atoms with Gasteiger partial charge in [0.1, 0.15) is 18.7 Å². The molecule has 2 unspecified atom stereocenters. The summed E-state index contributed by atoms with van der Waals surface area (Å²) in [5.74, 6) is 2.34. The lowest BCUT2D eigenvalue weighted by Gasteiger charge is -2.34. The second-order valence-corrected chi connectivity index (χ2v) is 9.38. The van der Waals surface area contributed by atoms with Crippen LogP contribution in [0.4, 0.5) is 0 Å². The number of aliphatic hydroxyl groups excluding tert-OH is 1. The topological polar surface area (TPSA) is 102 Å². The molecular formula is C25H30ClN5O4. The highest BCUT2D eigenvalue weighted by Crippen LogP contribution is 2.32. The summed E-state index contributed by atoms with van der Waals surface area (Å²) in [6.07, 6.45) is 4.74. The Balaban J connectivity index is 1.18. The van der Waals surface area contributed by atoms with E-state index in [4.69, 9.17) is 25.8 Å². The van der Waals surface area contributed by atoms with Crippen molar-refractivity contribution in [3.8, 4) is 17.4 Å². The minimum absolute atomic E-state index is 0.393. The minimum atomic E-state index is -0.777. The van der Waals surface area contributed by atoms with E-state index < -0.39 is 6.10 Å². The van der Waals surface area contributed by atoms with Crippen LogP contribution in [-0.4, -0.2) is 71.5 Å². The van der Waals surface area contributed by atoms with Gasteiger partial charge in [0.15, 0.2) is 11.5 Å². The Morgan fingerprint density at radius 1 is 1.23 bits per heavy atom. The van der Waals surface area contributed by atoms with Crippen LogP contribution in [0.15, 0.2) is 30.6 Å². The number of pyridine rings is 1. The van der Waals surface area contributed by atoms with Crippen LogP contribution in [0.2, 0.25) is 5.02 Å². The number of β-amino-alcohol motifs (C(OH)–C–C–N with tert-alkyl or cyclic N) is 1.